The zero-order valence-corrected chi connectivity index (χ0v) is 22.0. The smallest absolute Gasteiger partial charge is 0.266 e. The highest BCUT2D eigenvalue weighted by atomic mass is 32.2. The van der Waals surface area contributed by atoms with Crippen LogP contribution in [0.4, 0.5) is 5.13 Å². The second-order valence-electron chi connectivity index (χ2n) is 8.46. The minimum absolute atomic E-state index is 0.00688. The Morgan fingerprint density at radius 1 is 0.895 bits per heavy atom. The first kappa shape index (κ1) is 25.2. The first-order valence-corrected chi connectivity index (χ1v) is 14.2. The third-order valence-corrected chi connectivity index (χ3v) is 7.77. The lowest BCUT2D eigenvalue weighted by Crippen LogP contribution is -2.32. The SMILES string of the molecule is C/C(=N/Nc1nc2ccccc2s1)c1cccc(-c2cccc(C(=O)NS(=O)(=O)Cc3ccccc3)n2)c1. The van der Waals surface area contributed by atoms with E-state index in [0.29, 0.717) is 16.4 Å². The molecule has 1 amide bonds. The van der Waals surface area contributed by atoms with Gasteiger partial charge in [-0.1, -0.05) is 78.1 Å². The summed E-state index contributed by atoms with van der Waals surface area (Å²) >= 11 is 1.52. The molecule has 8 nitrogen and oxygen atoms in total. The molecule has 0 fully saturated rings. The highest BCUT2D eigenvalue weighted by Gasteiger charge is 2.18. The summed E-state index contributed by atoms with van der Waals surface area (Å²) < 4.78 is 28.2. The average Bonchev–Trinajstić information content (AvgIpc) is 3.35. The van der Waals surface area contributed by atoms with E-state index in [1.54, 1.807) is 42.5 Å². The van der Waals surface area contributed by atoms with E-state index in [4.69, 9.17) is 0 Å². The van der Waals surface area contributed by atoms with Gasteiger partial charge in [-0.25, -0.2) is 23.1 Å². The van der Waals surface area contributed by atoms with E-state index in [9.17, 15) is 13.2 Å². The third-order valence-electron chi connectivity index (χ3n) is 5.62. The van der Waals surface area contributed by atoms with Crippen molar-refractivity contribution in [3.05, 3.63) is 114 Å². The Morgan fingerprint density at radius 3 is 2.47 bits per heavy atom. The number of thiazole rings is 1. The molecule has 0 saturated carbocycles. The fraction of sp³-hybridized carbons (Fsp3) is 0.0714. The third kappa shape index (κ3) is 6.10. The number of benzene rings is 3. The van der Waals surface area contributed by atoms with Gasteiger partial charge < -0.3 is 0 Å². The van der Waals surface area contributed by atoms with Crippen LogP contribution < -0.4 is 10.1 Å². The quantitative estimate of drug-likeness (QED) is 0.199. The van der Waals surface area contributed by atoms with Crippen LogP contribution in [-0.4, -0.2) is 30.0 Å². The van der Waals surface area contributed by atoms with Crippen LogP contribution in [0.2, 0.25) is 0 Å². The Morgan fingerprint density at radius 2 is 1.66 bits per heavy atom. The fourth-order valence-electron chi connectivity index (χ4n) is 3.77. The van der Waals surface area contributed by atoms with Crippen LogP contribution in [0.15, 0.2) is 102 Å². The summed E-state index contributed by atoms with van der Waals surface area (Å²) in [7, 11) is -3.88. The summed E-state index contributed by atoms with van der Waals surface area (Å²) in [5.74, 6) is -1.08. The van der Waals surface area contributed by atoms with Crippen LogP contribution in [0.25, 0.3) is 21.5 Å². The molecule has 0 saturated heterocycles. The van der Waals surface area contributed by atoms with E-state index < -0.39 is 15.9 Å². The molecule has 5 rings (SSSR count). The number of para-hydroxylation sites is 1. The van der Waals surface area contributed by atoms with E-state index in [1.807, 2.05) is 55.5 Å². The number of hydrogen-bond donors (Lipinski definition) is 2. The maximum absolute atomic E-state index is 12.7. The highest BCUT2D eigenvalue weighted by Crippen LogP contribution is 2.25. The van der Waals surface area contributed by atoms with Crippen molar-refractivity contribution >= 4 is 48.3 Å². The van der Waals surface area contributed by atoms with Crippen molar-refractivity contribution in [2.75, 3.05) is 5.43 Å². The molecule has 0 atom stereocenters. The summed E-state index contributed by atoms with van der Waals surface area (Å²) in [6, 6.07) is 29.1. The average molecular weight is 542 g/mol. The molecule has 0 radical (unpaired) electrons. The lowest BCUT2D eigenvalue weighted by molar-refractivity contribution is 0.0976. The monoisotopic (exact) mass is 541 g/mol. The fourth-order valence-corrected chi connectivity index (χ4v) is 5.66. The predicted octanol–water partition coefficient (Wildman–Crippen LogP) is 5.45. The highest BCUT2D eigenvalue weighted by molar-refractivity contribution is 7.89. The summed E-state index contributed by atoms with van der Waals surface area (Å²) in [6.45, 7) is 1.88. The lowest BCUT2D eigenvalue weighted by atomic mass is 10.0. The Balaban J connectivity index is 1.31. The number of sulfonamides is 1. The number of hydrogen-bond acceptors (Lipinski definition) is 8. The molecule has 190 valence electrons. The number of fused-ring (bicyclic) bond motifs is 1. The number of pyridine rings is 1. The van der Waals surface area contributed by atoms with Gasteiger partial charge in [0.05, 0.1) is 27.4 Å². The van der Waals surface area contributed by atoms with Crippen LogP contribution in [0.3, 0.4) is 0 Å². The minimum atomic E-state index is -3.88. The molecule has 5 aromatic rings. The van der Waals surface area contributed by atoms with Crippen LogP contribution in [0, 0.1) is 0 Å². The molecule has 2 N–H and O–H groups in total. The standard InChI is InChI=1S/C28H23N5O3S2/c1-19(31-32-28-30-24-13-5-6-16-26(24)37-28)21-11-7-12-22(17-21)23-14-8-15-25(29-23)27(34)33-38(35,36)18-20-9-3-2-4-10-20/h2-17H,18H2,1H3,(H,30,32)(H,33,34)/b31-19-. The normalized spacial score (nSPS) is 11.9. The maximum Gasteiger partial charge on any atom is 0.283 e. The van der Waals surface area contributed by atoms with Crippen LogP contribution in [-0.2, 0) is 15.8 Å². The number of hydrazone groups is 1. The molecular weight excluding hydrogens is 518 g/mol. The van der Waals surface area contributed by atoms with Crippen molar-refractivity contribution < 1.29 is 13.2 Å². The number of carbonyl (C=O) groups excluding carboxylic acids is 1. The number of carbonyl (C=O) groups is 1. The van der Waals surface area contributed by atoms with Gasteiger partial charge in [-0.2, -0.15) is 5.10 Å². The first-order chi connectivity index (χ1) is 18.4. The maximum atomic E-state index is 12.7. The van der Waals surface area contributed by atoms with E-state index in [0.717, 1.165) is 27.1 Å². The number of aromatic nitrogens is 2. The van der Waals surface area contributed by atoms with Gasteiger partial charge in [-0.05, 0) is 48.4 Å². The molecule has 0 spiro atoms. The molecule has 0 aliphatic carbocycles. The van der Waals surface area contributed by atoms with Crippen molar-refractivity contribution in [3.63, 3.8) is 0 Å². The number of nitrogens with one attached hydrogen (secondary N) is 2. The minimum Gasteiger partial charge on any atom is -0.266 e. The molecule has 2 heterocycles. The molecule has 38 heavy (non-hydrogen) atoms. The van der Waals surface area contributed by atoms with Crippen LogP contribution >= 0.6 is 11.3 Å². The lowest BCUT2D eigenvalue weighted by Gasteiger charge is -2.09. The van der Waals surface area contributed by atoms with Gasteiger partial charge in [0.25, 0.3) is 5.91 Å². The zero-order valence-electron chi connectivity index (χ0n) is 20.3. The summed E-state index contributed by atoms with van der Waals surface area (Å²) in [6.07, 6.45) is 0. The summed E-state index contributed by atoms with van der Waals surface area (Å²) in [4.78, 5) is 21.6. The second kappa shape index (κ2) is 10.9. The molecule has 0 unspecified atom stereocenters. The molecule has 10 heteroatoms. The van der Waals surface area contributed by atoms with E-state index >= 15 is 0 Å². The van der Waals surface area contributed by atoms with E-state index in [1.165, 1.54) is 17.4 Å². The largest absolute Gasteiger partial charge is 0.283 e. The van der Waals surface area contributed by atoms with E-state index in [-0.39, 0.29) is 11.4 Å². The molecular formula is C28H23N5O3S2. The molecule has 0 aliphatic rings. The van der Waals surface area contributed by atoms with Gasteiger partial charge in [0, 0.05) is 5.56 Å². The van der Waals surface area contributed by atoms with E-state index in [2.05, 4.69) is 25.2 Å². The summed E-state index contributed by atoms with van der Waals surface area (Å²) in [5, 5.41) is 5.18. The Kier molecular flexibility index (Phi) is 7.25. The van der Waals surface area contributed by atoms with Crippen molar-refractivity contribution in [1.29, 1.82) is 0 Å². The number of amides is 1. The van der Waals surface area contributed by atoms with Crippen molar-refractivity contribution in [3.8, 4) is 11.3 Å². The van der Waals surface area contributed by atoms with Gasteiger partial charge in [-0.3, -0.25) is 10.2 Å². The number of nitrogens with zero attached hydrogens (tertiary/aromatic N) is 3. The Labute approximate surface area is 224 Å². The molecule has 2 aromatic heterocycles. The first-order valence-electron chi connectivity index (χ1n) is 11.7. The zero-order chi connectivity index (χ0) is 26.5. The molecule has 0 aliphatic heterocycles. The second-order valence-corrected chi connectivity index (χ2v) is 11.2. The van der Waals surface area contributed by atoms with Crippen molar-refractivity contribution in [2.45, 2.75) is 12.7 Å². The Bertz CT molecular complexity index is 1720. The van der Waals surface area contributed by atoms with Crippen molar-refractivity contribution in [2.24, 2.45) is 5.10 Å². The van der Waals surface area contributed by atoms with Crippen LogP contribution in [0.5, 0.6) is 0 Å². The van der Waals surface area contributed by atoms with Gasteiger partial charge in [0.1, 0.15) is 5.69 Å². The van der Waals surface area contributed by atoms with Crippen LogP contribution in [0.1, 0.15) is 28.5 Å². The van der Waals surface area contributed by atoms with Gasteiger partial charge in [0.15, 0.2) is 0 Å². The Hall–Kier alpha value is -4.41. The van der Waals surface area contributed by atoms with Crippen molar-refractivity contribution in [1.82, 2.24) is 14.7 Å². The summed E-state index contributed by atoms with van der Waals surface area (Å²) in [5.41, 5.74) is 7.43. The number of rotatable bonds is 8. The molecule has 0 bridgehead atoms. The topological polar surface area (TPSA) is 113 Å². The van der Waals surface area contributed by atoms with Gasteiger partial charge in [-0.15, -0.1) is 0 Å². The predicted molar refractivity (Wildman–Crippen MR) is 152 cm³/mol. The number of anilines is 1. The molecule has 3 aromatic carbocycles. The van der Waals surface area contributed by atoms with Gasteiger partial charge in [0.2, 0.25) is 15.2 Å². The van der Waals surface area contributed by atoms with Gasteiger partial charge >= 0.3 is 0 Å².